The van der Waals surface area contributed by atoms with E-state index in [1.165, 1.54) is 5.39 Å². The number of ether oxygens (including phenoxy) is 1. The van der Waals surface area contributed by atoms with Crippen LogP contribution in [0.1, 0.15) is 12.5 Å². The maximum absolute atomic E-state index is 5.53. The lowest BCUT2D eigenvalue weighted by molar-refractivity contribution is 0.331. The zero-order valence-electron chi connectivity index (χ0n) is 9.87. The minimum atomic E-state index is 0.634. The van der Waals surface area contributed by atoms with Crippen molar-refractivity contribution in [3.05, 3.63) is 30.0 Å². The second kappa shape index (κ2) is 4.39. The highest BCUT2D eigenvalue weighted by molar-refractivity contribution is 5.98. The predicted molar refractivity (Wildman–Crippen MR) is 67.2 cm³/mol. The fourth-order valence-corrected chi connectivity index (χ4v) is 1.90. The van der Waals surface area contributed by atoms with E-state index in [9.17, 15) is 0 Å². The average Bonchev–Trinajstić information content (AvgIpc) is 2.32. The van der Waals surface area contributed by atoms with Crippen LogP contribution in [-0.4, -0.2) is 18.6 Å². The molecule has 16 heavy (non-hydrogen) atoms. The van der Waals surface area contributed by atoms with Crippen molar-refractivity contribution < 1.29 is 4.74 Å². The molecule has 0 saturated carbocycles. The first-order valence-electron chi connectivity index (χ1n) is 5.46. The Balaban J connectivity index is 2.74. The number of benzene rings is 1. The number of hydrogen-bond acceptors (Lipinski definition) is 3. The fourth-order valence-electron chi connectivity index (χ4n) is 1.90. The van der Waals surface area contributed by atoms with Crippen LogP contribution in [0.3, 0.4) is 0 Å². The molecule has 0 aliphatic rings. The molecule has 1 heterocycles. The van der Waals surface area contributed by atoms with Crippen molar-refractivity contribution in [1.29, 1.82) is 0 Å². The maximum Gasteiger partial charge on any atom is 0.221 e. The molecule has 2 rings (SSSR count). The van der Waals surface area contributed by atoms with Gasteiger partial charge < -0.3 is 10.1 Å². The van der Waals surface area contributed by atoms with Gasteiger partial charge in [0, 0.05) is 29.7 Å². The van der Waals surface area contributed by atoms with Crippen LogP contribution in [0.2, 0.25) is 0 Å². The maximum atomic E-state index is 5.53. The van der Waals surface area contributed by atoms with E-state index in [0.29, 0.717) is 12.5 Å². The van der Waals surface area contributed by atoms with Gasteiger partial charge in [0.05, 0.1) is 6.61 Å². The van der Waals surface area contributed by atoms with E-state index in [1.54, 1.807) is 0 Å². The molecule has 1 aromatic heterocycles. The Morgan fingerprint density at radius 3 is 2.88 bits per heavy atom. The number of nitrogens with one attached hydrogen (secondary N) is 1. The standard InChI is InChI=1S/C13H16N2O/c1-4-16-13-10-6-5-7-11(14-3)12(10)9(2)8-15-13/h5-8,14H,4H2,1-3H3. The van der Waals surface area contributed by atoms with E-state index in [2.05, 4.69) is 23.3 Å². The molecule has 0 unspecified atom stereocenters. The summed E-state index contributed by atoms with van der Waals surface area (Å²) in [4.78, 5) is 4.32. The average molecular weight is 216 g/mol. The third-order valence-electron chi connectivity index (χ3n) is 2.62. The fraction of sp³-hybridized carbons (Fsp3) is 0.308. The zero-order chi connectivity index (χ0) is 11.5. The van der Waals surface area contributed by atoms with Gasteiger partial charge in [0.15, 0.2) is 0 Å². The summed E-state index contributed by atoms with van der Waals surface area (Å²) in [6, 6.07) is 6.12. The summed E-state index contributed by atoms with van der Waals surface area (Å²) in [5.74, 6) is 0.709. The first-order valence-corrected chi connectivity index (χ1v) is 5.46. The highest BCUT2D eigenvalue weighted by Gasteiger charge is 2.08. The Morgan fingerprint density at radius 1 is 1.38 bits per heavy atom. The first-order chi connectivity index (χ1) is 7.77. The smallest absolute Gasteiger partial charge is 0.221 e. The third-order valence-corrected chi connectivity index (χ3v) is 2.62. The van der Waals surface area contributed by atoms with E-state index >= 15 is 0 Å². The van der Waals surface area contributed by atoms with E-state index in [-0.39, 0.29) is 0 Å². The lowest BCUT2D eigenvalue weighted by atomic mass is 10.1. The molecule has 3 nitrogen and oxygen atoms in total. The molecule has 1 aromatic carbocycles. The molecular weight excluding hydrogens is 200 g/mol. The normalized spacial score (nSPS) is 10.4. The van der Waals surface area contributed by atoms with Crippen molar-refractivity contribution in [2.45, 2.75) is 13.8 Å². The molecule has 0 aliphatic heterocycles. The van der Waals surface area contributed by atoms with Crippen LogP contribution in [0.5, 0.6) is 5.88 Å². The van der Waals surface area contributed by atoms with E-state index in [1.807, 2.05) is 32.3 Å². The zero-order valence-corrected chi connectivity index (χ0v) is 9.87. The summed E-state index contributed by atoms with van der Waals surface area (Å²) in [5, 5.41) is 5.44. The molecule has 0 atom stereocenters. The second-order valence-electron chi connectivity index (χ2n) is 3.66. The molecule has 0 aliphatic carbocycles. The van der Waals surface area contributed by atoms with Crippen molar-refractivity contribution in [3.63, 3.8) is 0 Å². The van der Waals surface area contributed by atoms with Gasteiger partial charge in [-0.3, -0.25) is 0 Å². The lowest BCUT2D eigenvalue weighted by Crippen LogP contribution is -1.98. The minimum Gasteiger partial charge on any atom is -0.478 e. The Bertz CT molecular complexity index is 509. The molecule has 84 valence electrons. The Labute approximate surface area is 95.5 Å². The number of fused-ring (bicyclic) bond motifs is 1. The van der Waals surface area contributed by atoms with E-state index < -0.39 is 0 Å². The van der Waals surface area contributed by atoms with Gasteiger partial charge in [-0.25, -0.2) is 4.98 Å². The molecule has 3 heteroatoms. The number of hydrogen-bond donors (Lipinski definition) is 1. The molecule has 0 amide bonds. The number of aromatic nitrogens is 1. The third kappa shape index (κ3) is 1.69. The van der Waals surface area contributed by atoms with Crippen molar-refractivity contribution in [1.82, 2.24) is 4.98 Å². The lowest BCUT2D eigenvalue weighted by Gasteiger charge is -2.11. The van der Waals surface area contributed by atoms with Gasteiger partial charge in [-0.05, 0) is 31.5 Å². The number of anilines is 1. The van der Waals surface area contributed by atoms with Crippen LogP contribution in [0.4, 0.5) is 5.69 Å². The summed E-state index contributed by atoms with van der Waals surface area (Å²) in [6.07, 6.45) is 1.86. The van der Waals surface area contributed by atoms with Crippen molar-refractivity contribution in [2.75, 3.05) is 19.0 Å². The molecular formula is C13H16N2O. The Morgan fingerprint density at radius 2 is 2.19 bits per heavy atom. The van der Waals surface area contributed by atoms with Crippen LogP contribution in [-0.2, 0) is 0 Å². The van der Waals surface area contributed by atoms with Crippen molar-refractivity contribution >= 4 is 16.5 Å². The van der Waals surface area contributed by atoms with Crippen LogP contribution in [0.15, 0.2) is 24.4 Å². The number of nitrogens with zero attached hydrogens (tertiary/aromatic N) is 1. The van der Waals surface area contributed by atoms with E-state index in [4.69, 9.17) is 4.74 Å². The van der Waals surface area contributed by atoms with E-state index in [0.717, 1.165) is 16.6 Å². The minimum absolute atomic E-state index is 0.634. The van der Waals surface area contributed by atoms with Crippen LogP contribution in [0.25, 0.3) is 10.8 Å². The summed E-state index contributed by atoms with van der Waals surface area (Å²) in [6.45, 7) is 4.66. The van der Waals surface area contributed by atoms with Gasteiger partial charge in [-0.2, -0.15) is 0 Å². The first kappa shape index (κ1) is 10.7. The van der Waals surface area contributed by atoms with Gasteiger partial charge in [0.25, 0.3) is 0 Å². The summed E-state index contributed by atoms with van der Waals surface area (Å²) < 4.78 is 5.53. The van der Waals surface area contributed by atoms with Gasteiger partial charge in [-0.15, -0.1) is 0 Å². The SMILES string of the molecule is CCOc1ncc(C)c2c(NC)cccc12. The van der Waals surface area contributed by atoms with Gasteiger partial charge >= 0.3 is 0 Å². The molecule has 0 saturated heterocycles. The largest absolute Gasteiger partial charge is 0.478 e. The molecule has 0 radical (unpaired) electrons. The second-order valence-corrected chi connectivity index (χ2v) is 3.66. The topological polar surface area (TPSA) is 34.1 Å². The van der Waals surface area contributed by atoms with Crippen LogP contribution in [0, 0.1) is 6.92 Å². The number of pyridine rings is 1. The number of aryl methyl sites for hydroxylation is 1. The molecule has 0 bridgehead atoms. The van der Waals surface area contributed by atoms with Crippen molar-refractivity contribution in [2.24, 2.45) is 0 Å². The van der Waals surface area contributed by atoms with Gasteiger partial charge in [-0.1, -0.05) is 6.07 Å². The monoisotopic (exact) mass is 216 g/mol. The molecule has 1 N–H and O–H groups in total. The highest BCUT2D eigenvalue weighted by atomic mass is 16.5. The van der Waals surface area contributed by atoms with Crippen molar-refractivity contribution in [3.8, 4) is 5.88 Å². The molecule has 0 fully saturated rings. The summed E-state index contributed by atoms with van der Waals surface area (Å²) in [5.41, 5.74) is 2.27. The summed E-state index contributed by atoms with van der Waals surface area (Å²) in [7, 11) is 1.93. The van der Waals surface area contributed by atoms with Gasteiger partial charge in [0.2, 0.25) is 5.88 Å². The summed E-state index contributed by atoms with van der Waals surface area (Å²) >= 11 is 0. The van der Waals surface area contributed by atoms with Gasteiger partial charge in [0.1, 0.15) is 0 Å². The predicted octanol–water partition coefficient (Wildman–Crippen LogP) is 2.98. The quantitative estimate of drug-likeness (QED) is 0.856. The Hall–Kier alpha value is -1.77. The number of rotatable bonds is 3. The molecule has 2 aromatic rings. The van der Waals surface area contributed by atoms with Crippen LogP contribution >= 0.6 is 0 Å². The highest BCUT2D eigenvalue weighted by Crippen LogP contribution is 2.31. The van der Waals surface area contributed by atoms with Crippen LogP contribution < -0.4 is 10.1 Å². The Kier molecular flexibility index (Phi) is 2.95. The molecule has 0 spiro atoms.